The molecule has 4 rings (SSSR count). The predicted octanol–water partition coefficient (Wildman–Crippen LogP) is 5.44. The third kappa shape index (κ3) is 4.65. The number of aliphatic carboxylic acids is 1. The highest BCUT2D eigenvalue weighted by Gasteiger charge is 2.34. The Bertz CT molecular complexity index is 1220. The lowest BCUT2D eigenvalue weighted by Crippen LogP contribution is -2.27. The summed E-state index contributed by atoms with van der Waals surface area (Å²) >= 11 is 6.59. The van der Waals surface area contributed by atoms with Gasteiger partial charge >= 0.3 is 5.97 Å². The normalized spacial score (nSPS) is 15.8. The van der Waals surface area contributed by atoms with Crippen LogP contribution in [0.3, 0.4) is 0 Å². The van der Waals surface area contributed by atoms with E-state index in [0.717, 1.165) is 38.9 Å². The number of halogens is 1. The van der Waals surface area contributed by atoms with Crippen LogP contribution in [0.1, 0.15) is 54.0 Å². The first-order valence-electron chi connectivity index (χ1n) is 10.6. The maximum Gasteiger partial charge on any atom is 0.303 e. The second kappa shape index (κ2) is 9.09. The van der Waals surface area contributed by atoms with Crippen LogP contribution in [0, 0.1) is 13.8 Å². The van der Waals surface area contributed by atoms with Gasteiger partial charge in [0.2, 0.25) is 5.91 Å². The van der Waals surface area contributed by atoms with Crippen molar-refractivity contribution in [1.82, 2.24) is 9.99 Å². The van der Waals surface area contributed by atoms with E-state index in [-0.39, 0.29) is 25.2 Å². The fourth-order valence-corrected chi connectivity index (χ4v) is 4.18. The SMILES string of the molecule is Cc1ccc(C2=NN(C(=O)CCCC(=O)O)C(c3cc4ccc(C)cc4nc3Cl)C2)cc1. The minimum atomic E-state index is -0.920. The van der Waals surface area contributed by atoms with Crippen LogP contribution in [0.2, 0.25) is 5.15 Å². The molecule has 0 bridgehead atoms. The summed E-state index contributed by atoms with van der Waals surface area (Å²) in [5.41, 5.74) is 5.51. The highest BCUT2D eigenvalue weighted by atomic mass is 35.5. The van der Waals surface area contributed by atoms with Crippen molar-refractivity contribution in [3.8, 4) is 0 Å². The summed E-state index contributed by atoms with van der Waals surface area (Å²) in [5, 5.41) is 16.3. The number of benzene rings is 2. The molecule has 0 radical (unpaired) electrons. The molecule has 2 heterocycles. The van der Waals surface area contributed by atoms with Crippen LogP contribution in [0.5, 0.6) is 0 Å². The Kier molecular flexibility index (Phi) is 6.24. The molecule has 1 amide bonds. The van der Waals surface area contributed by atoms with Crippen molar-refractivity contribution in [3.63, 3.8) is 0 Å². The van der Waals surface area contributed by atoms with Gasteiger partial charge in [-0.25, -0.2) is 9.99 Å². The minimum absolute atomic E-state index is 0.0591. The van der Waals surface area contributed by atoms with Gasteiger partial charge in [0.15, 0.2) is 0 Å². The number of carboxylic acids is 1. The summed E-state index contributed by atoms with van der Waals surface area (Å²) in [6, 6.07) is 15.6. The van der Waals surface area contributed by atoms with Gasteiger partial charge in [0.05, 0.1) is 17.3 Å². The topological polar surface area (TPSA) is 82.9 Å². The molecule has 1 aliphatic heterocycles. The van der Waals surface area contributed by atoms with Crippen molar-refractivity contribution in [1.29, 1.82) is 0 Å². The second-order valence-corrected chi connectivity index (χ2v) is 8.54. The Morgan fingerprint density at radius 1 is 1.06 bits per heavy atom. The van der Waals surface area contributed by atoms with E-state index in [9.17, 15) is 9.59 Å². The van der Waals surface area contributed by atoms with Crippen LogP contribution < -0.4 is 0 Å². The van der Waals surface area contributed by atoms with Gasteiger partial charge in [-0.3, -0.25) is 9.59 Å². The lowest BCUT2D eigenvalue weighted by molar-refractivity contribution is -0.137. The molecule has 6 nitrogen and oxygen atoms in total. The van der Waals surface area contributed by atoms with Gasteiger partial charge in [0.1, 0.15) is 5.15 Å². The number of hydrogen-bond acceptors (Lipinski definition) is 4. The molecule has 32 heavy (non-hydrogen) atoms. The maximum absolute atomic E-state index is 13.0. The lowest BCUT2D eigenvalue weighted by Gasteiger charge is -2.23. The average Bonchev–Trinajstić information content (AvgIpc) is 3.18. The highest BCUT2D eigenvalue weighted by molar-refractivity contribution is 6.30. The van der Waals surface area contributed by atoms with Crippen LogP contribution in [-0.4, -0.2) is 32.7 Å². The number of carbonyl (C=O) groups excluding carboxylic acids is 1. The number of aryl methyl sites for hydroxylation is 2. The third-order valence-corrected chi connectivity index (χ3v) is 5.95. The van der Waals surface area contributed by atoms with Crippen molar-refractivity contribution in [2.24, 2.45) is 5.10 Å². The molecule has 1 aliphatic rings. The van der Waals surface area contributed by atoms with E-state index in [1.165, 1.54) is 5.01 Å². The lowest BCUT2D eigenvalue weighted by atomic mass is 9.97. The molecule has 0 fully saturated rings. The fourth-order valence-electron chi connectivity index (χ4n) is 3.91. The molecule has 1 aromatic heterocycles. The molecule has 0 saturated heterocycles. The molecular weight excluding hydrogens is 426 g/mol. The van der Waals surface area contributed by atoms with E-state index in [2.05, 4.69) is 10.1 Å². The monoisotopic (exact) mass is 449 g/mol. The van der Waals surface area contributed by atoms with Crippen LogP contribution in [0.15, 0.2) is 53.6 Å². The van der Waals surface area contributed by atoms with Crippen molar-refractivity contribution >= 4 is 40.1 Å². The Morgan fingerprint density at radius 3 is 2.50 bits per heavy atom. The van der Waals surface area contributed by atoms with Crippen LogP contribution in [-0.2, 0) is 9.59 Å². The molecule has 0 saturated carbocycles. The molecule has 3 aromatic rings. The van der Waals surface area contributed by atoms with Crippen LogP contribution in [0.4, 0.5) is 0 Å². The number of fused-ring (bicyclic) bond motifs is 1. The molecule has 2 aromatic carbocycles. The zero-order chi connectivity index (χ0) is 22.8. The van der Waals surface area contributed by atoms with E-state index < -0.39 is 12.0 Å². The van der Waals surface area contributed by atoms with Gasteiger partial charge in [-0.15, -0.1) is 0 Å². The number of hydrazone groups is 1. The zero-order valence-corrected chi connectivity index (χ0v) is 18.8. The average molecular weight is 450 g/mol. The number of rotatable bonds is 6. The predicted molar refractivity (Wildman–Crippen MR) is 125 cm³/mol. The number of amides is 1. The first kappa shape index (κ1) is 22.0. The number of pyridine rings is 1. The van der Waals surface area contributed by atoms with Gasteiger partial charge < -0.3 is 5.11 Å². The maximum atomic E-state index is 13.0. The quantitative estimate of drug-likeness (QED) is 0.508. The number of hydrogen-bond donors (Lipinski definition) is 1. The number of carbonyl (C=O) groups is 2. The first-order chi connectivity index (χ1) is 15.3. The van der Waals surface area contributed by atoms with E-state index in [1.807, 2.05) is 62.4 Å². The van der Waals surface area contributed by atoms with Gasteiger partial charge in [-0.1, -0.05) is 53.6 Å². The summed E-state index contributed by atoms with van der Waals surface area (Å²) in [7, 11) is 0. The Balaban J connectivity index is 1.70. The molecule has 164 valence electrons. The van der Waals surface area contributed by atoms with Crippen LogP contribution >= 0.6 is 11.6 Å². The molecule has 0 aliphatic carbocycles. The summed E-state index contributed by atoms with van der Waals surface area (Å²) < 4.78 is 0. The molecule has 1 N–H and O–H groups in total. The Labute approximate surface area is 191 Å². The van der Waals surface area contributed by atoms with E-state index in [0.29, 0.717) is 11.6 Å². The zero-order valence-electron chi connectivity index (χ0n) is 18.0. The standard InChI is InChI=1S/C25H24ClN3O3/c1-15-6-9-17(10-7-15)21-14-22(29(28-21)23(30)4-3-5-24(31)32)19-13-18-11-8-16(2)12-20(18)27-25(19)26/h6-13,22H,3-5,14H2,1-2H3,(H,31,32). The van der Waals surface area contributed by atoms with Crippen molar-refractivity contribution in [2.45, 2.75) is 45.6 Å². The van der Waals surface area contributed by atoms with Gasteiger partial charge in [0.25, 0.3) is 0 Å². The smallest absolute Gasteiger partial charge is 0.303 e. The third-order valence-electron chi connectivity index (χ3n) is 5.64. The van der Waals surface area contributed by atoms with Gasteiger partial charge in [0, 0.05) is 30.2 Å². The molecular formula is C25H24ClN3O3. The highest BCUT2D eigenvalue weighted by Crippen LogP contribution is 2.37. The van der Waals surface area contributed by atoms with Gasteiger partial charge in [-0.05, 0) is 43.5 Å². The first-order valence-corrected chi connectivity index (χ1v) is 10.9. The van der Waals surface area contributed by atoms with Crippen molar-refractivity contribution in [3.05, 3.63) is 75.9 Å². The summed E-state index contributed by atoms with van der Waals surface area (Å²) in [6.45, 7) is 4.02. The molecule has 1 unspecified atom stereocenters. The largest absolute Gasteiger partial charge is 0.481 e. The summed E-state index contributed by atoms with van der Waals surface area (Å²) in [6.07, 6.45) is 0.809. The van der Waals surface area contributed by atoms with E-state index in [1.54, 1.807) is 0 Å². The molecule has 1 atom stereocenters. The van der Waals surface area contributed by atoms with Crippen LogP contribution in [0.25, 0.3) is 10.9 Å². The number of nitrogens with zero attached hydrogens (tertiary/aromatic N) is 3. The van der Waals surface area contributed by atoms with E-state index >= 15 is 0 Å². The fraction of sp³-hybridized carbons (Fsp3) is 0.280. The minimum Gasteiger partial charge on any atom is -0.481 e. The number of carboxylic acid groups (broad SMARTS) is 1. The Morgan fingerprint density at radius 2 is 1.78 bits per heavy atom. The summed E-state index contributed by atoms with van der Waals surface area (Å²) in [4.78, 5) is 28.5. The molecule has 7 heteroatoms. The number of aromatic nitrogens is 1. The summed E-state index contributed by atoms with van der Waals surface area (Å²) in [5.74, 6) is -1.14. The Hall–Kier alpha value is -3.25. The van der Waals surface area contributed by atoms with E-state index in [4.69, 9.17) is 16.7 Å². The second-order valence-electron chi connectivity index (χ2n) is 8.18. The van der Waals surface area contributed by atoms with Crippen molar-refractivity contribution in [2.75, 3.05) is 0 Å². The van der Waals surface area contributed by atoms with Gasteiger partial charge in [-0.2, -0.15) is 5.10 Å². The van der Waals surface area contributed by atoms with Crippen molar-refractivity contribution < 1.29 is 14.7 Å². The molecule has 0 spiro atoms.